The minimum Gasteiger partial charge on any atom is -0.135 e. The summed E-state index contributed by atoms with van der Waals surface area (Å²) in [4.78, 5) is 0. The van der Waals surface area contributed by atoms with E-state index in [1.807, 2.05) is 11.3 Å². The highest BCUT2D eigenvalue weighted by atomic mass is 32.1. The Balaban J connectivity index is 1.05. The zero-order valence-electron chi connectivity index (χ0n) is 31.0. The molecule has 0 unspecified atom stereocenters. The molecule has 57 heavy (non-hydrogen) atoms. The Hall–Kier alpha value is -7.06. The molecule has 0 bridgehead atoms. The lowest BCUT2D eigenvalue weighted by Crippen LogP contribution is -1.92. The molecule has 12 rings (SSSR count). The van der Waals surface area contributed by atoms with Crippen LogP contribution >= 0.6 is 11.3 Å². The molecule has 1 heterocycles. The lowest BCUT2D eigenvalue weighted by atomic mass is 9.84. The number of benzene rings is 11. The van der Waals surface area contributed by atoms with Crippen molar-refractivity contribution in [2.45, 2.75) is 0 Å². The van der Waals surface area contributed by atoms with Gasteiger partial charge in [0, 0.05) is 20.2 Å². The van der Waals surface area contributed by atoms with Gasteiger partial charge in [0.1, 0.15) is 0 Å². The van der Waals surface area contributed by atoms with Crippen molar-refractivity contribution in [3.8, 4) is 44.5 Å². The predicted molar refractivity (Wildman–Crippen MR) is 249 cm³/mol. The highest BCUT2D eigenvalue weighted by molar-refractivity contribution is 7.26. The summed E-state index contributed by atoms with van der Waals surface area (Å²) in [6.45, 7) is 0. The van der Waals surface area contributed by atoms with Crippen molar-refractivity contribution in [3.05, 3.63) is 206 Å². The molecule has 0 fully saturated rings. The van der Waals surface area contributed by atoms with Gasteiger partial charge in [-0.25, -0.2) is 0 Å². The van der Waals surface area contributed by atoms with E-state index >= 15 is 0 Å². The lowest BCUT2D eigenvalue weighted by Gasteiger charge is -2.19. The second-order valence-corrected chi connectivity index (χ2v) is 16.2. The van der Waals surface area contributed by atoms with E-state index in [9.17, 15) is 0 Å². The molecule has 0 nitrogen and oxygen atoms in total. The largest absolute Gasteiger partial charge is 0.135 e. The molecule has 0 aliphatic rings. The first-order valence-electron chi connectivity index (χ1n) is 19.7. The van der Waals surface area contributed by atoms with Gasteiger partial charge in [-0.05, 0) is 111 Å². The summed E-state index contributed by atoms with van der Waals surface area (Å²) in [5.74, 6) is 0. The van der Waals surface area contributed by atoms with Gasteiger partial charge < -0.3 is 0 Å². The van der Waals surface area contributed by atoms with Crippen LogP contribution in [-0.2, 0) is 0 Å². The Bertz CT molecular complexity index is 3510. The molecule has 0 aliphatic carbocycles. The molecule has 0 radical (unpaired) electrons. The fraction of sp³-hybridized carbons (Fsp3) is 0. The second-order valence-electron chi connectivity index (χ2n) is 15.1. The van der Waals surface area contributed by atoms with Gasteiger partial charge in [-0.1, -0.05) is 194 Å². The standard InChI is InChI=1S/C56H34S/c1-4-18-41-35(14-1)32-33-50-55-49(26-13-27-52(55)57-56(41)50)54-47-24-11-9-22-45(47)53(46-23-10-12-25-48(46)54)37-30-28-36(29-31-37)39-16-5-6-20-43(39)51-34-38-15-2-3-17-40(38)42-19-7-8-21-44(42)51/h1-34H. The Morgan fingerprint density at radius 2 is 0.789 bits per heavy atom. The van der Waals surface area contributed by atoms with Gasteiger partial charge in [-0.2, -0.15) is 0 Å². The summed E-state index contributed by atoms with van der Waals surface area (Å²) in [7, 11) is 0. The number of hydrogen-bond donors (Lipinski definition) is 0. The predicted octanol–water partition coefficient (Wildman–Crippen LogP) is 16.5. The first-order valence-corrected chi connectivity index (χ1v) is 20.5. The molecule has 1 aromatic heterocycles. The molecular formula is C56H34S. The van der Waals surface area contributed by atoms with Crippen molar-refractivity contribution in [1.29, 1.82) is 0 Å². The summed E-state index contributed by atoms with van der Waals surface area (Å²) < 4.78 is 2.68. The Kier molecular flexibility index (Phi) is 7.20. The smallest absolute Gasteiger partial charge is 0.0434 e. The third kappa shape index (κ3) is 4.93. The molecule has 0 N–H and O–H groups in total. The van der Waals surface area contributed by atoms with Crippen LogP contribution < -0.4 is 0 Å². The van der Waals surface area contributed by atoms with Crippen LogP contribution in [0.4, 0.5) is 0 Å². The summed E-state index contributed by atoms with van der Waals surface area (Å²) in [6.07, 6.45) is 0. The van der Waals surface area contributed by atoms with Gasteiger partial charge in [0.05, 0.1) is 0 Å². The Labute approximate surface area is 334 Å². The number of hydrogen-bond acceptors (Lipinski definition) is 1. The summed E-state index contributed by atoms with van der Waals surface area (Å²) in [5.41, 5.74) is 10.0. The van der Waals surface area contributed by atoms with E-state index in [4.69, 9.17) is 0 Å². The van der Waals surface area contributed by atoms with Crippen LogP contribution in [0.15, 0.2) is 206 Å². The van der Waals surface area contributed by atoms with Gasteiger partial charge in [-0.3, -0.25) is 0 Å². The molecule has 0 saturated carbocycles. The van der Waals surface area contributed by atoms with Crippen molar-refractivity contribution < 1.29 is 0 Å². The minimum absolute atomic E-state index is 1.21. The third-order valence-electron chi connectivity index (χ3n) is 12.1. The van der Waals surface area contributed by atoms with E-state index in [0.717, 1.165) is 0 Å². The van der Waals surface area contributed by atoms with Crippen molar-refractivity contribution in [2.75, 3.05) is 0 Å². The molecule has 0 saturated heterocycles. The van der Waals surface area contributed by atoms with Gasteiger partial charge in [0.15, 0.2) is 0 Å². The van der Waals surface area contributed by atoms with Crippen LogP contribution in [0, 0.1) is 0 Å². The zero-order chi connectivity index (χ0) is 37.5. The van der Waals surface area contributed by atoms with E-state index in [-0.39, 0.29) is 0 Å². The number of fused-ring (bicyclic) bond motifs is 10. The maximum absolute atomic E-state index is 2.37. The van der Waals surface area contributed by atoms with Crippen molar-refractivity contribution >= 4 is 85.4 Å². The maximum Gasteiger partial charge on any atom is 0.0434 e. The Morgan fingerprint density at radius 3 is 1.51 bits per heavy atom. The molecular weight excluding hydrogens is 705 g/mol. The van der Waals surface area contributed by atoms with Crippen LogP contribution in [0.1, 0.15) is 0 Å². The van der Waals surface area contributed by atoms with E-state index in [1.54, 1.807) is 0 Å². The minimum atomic E-state index is 1.21. The van der Waals surface area contributed by atoms with Gasteiger partial charge in [0.2, 0.25) is 0 Å². The monoisotopic (exact) mass is 738 g/mol. The topological polar surface area (TPSA) is 0 Å². The van der Waals surface area contributed by atoms with E-state index in [1.165, 1.54) is 119 Å². The number of rotatable bonds is 4. The molecule has 1 heteroatoms. The van der Waals surface area contributed by atoms with E-state index in [0.29, 0.717) is 0 Å². The number of thiophene rings is 1. The first kappa shape index (κ1) is 32.2. The third-order valence-corrected chi connectivity index (χ3v) is 13.3. The quantitative estimate of drug-likeness (QED) is 0.125. The van der Waals surface area contributed by atoms with Crippen LogP contribution in [0.25, 0.3) is 119 Å². The molecule has 0 atom stereocenters. The summed E-state index contributed by atoms with van der Waals surface area (Å²) >= 11 is 1.91. The molecule has 0 amide bonds. The highest BCUT2D eigenvalue weighted by Gasteiger charge is 2.21. The van der Waals surface area contributed by atoms with Crippen molar-refractivity contribution in [3.63, 3.8) is 0 Å². The average molecular weight is 739 g/mol. The lowest BCUT2D eigenvalue weighted by molar-refractivity contribution is 1.60. The van der Waals surface area contributed by atoms with Crippen molar-refractivity contribution in [2.24, 2.45) is 0 Å². The van der Waals surface area contributed by atoms with Crippen LogP contribution in [0.3, 0.4) is 0 Å². The average Bonchev–Trinajstić information content (AvgIpc) is 3.68. The molecule has 12 aromatic rings. The van der Waals surface area contributed by atoms with Crippen LogP contribution in [0.5, 0.6) is 0 Å². The highest BCUT2D eigenvalue weighted by Crippen LogP contribution is 2.49. The fourth-order valence-electron chi connectivity index (χ4n) is 9.55. The summed E-state index contributed by atoms with van der Waals surface area (Å²) in [5, 5.41) is 15.5. The Morgan fingerprint density at radius 1 is 0.263 bits per heavy atom. The maximum atomic E-state index is 2.37. The fourth-order valence-corrected chi connectivity index (χ4v) is 10.8. The van der Waals surface area contributed by atoms with E-state index in [2.05, 4.69) is 206 Å². The molecule has 264 valence electrons. The van der Waals surface area contributed by atoms with Crippen molar-refractivity contribution in [1.82, 2.24) is 0 Å². The van der Waals surface area contributed by atoms with Crippen LogP contribution in [0.2, 0.25) is 0 Å². The van der Waals surface area contributed by atoms with Gasteiger partial charge in [0.25, 0.3) is 0 Å². The zero-order valence-corrected chi connectivity index (χ0v) is 31.9. The SMILES string of the molecule is c1ccc(-c2cc3ccccc3c3ccccc23)c(-c2ccc(-c3c4ccccc4c(-c4cccc5sc6c7ccccc7ccc6c45)c4ccccc34)cc2)c1. The molecule has 11 aromatic carbocycles. The molecule has 0 spiro atoms. The van der Waals surface area contributed by atoms with Crippen LogP contribution in [-0.4, -0.2) is 0 Å². The molecule has 0 aliphatic heterocycles. The van der Waals surface area contributed by atoms with Gasteiger partial charge in [-0.15, -0.1) is 11.3 Å². The summed E-state index contributed by atoms with van der Waals surface area (Å²) in [6, 6.07) is 76.4. The van der Waals surface area contributed by atoms with Gasteiger partial charge >= 0.3 is 0 Å². The second kappa shape index (κ2) is 12.7. The van der Waals surface area contributed by atoms with E-state index < -0.39 is 0 Å². The first-order chi connectivity index (χ1) is 28.3. The normalized spacial score (nSPS) is 11.9.